The van der Waals surface area contributed by atoms with Gasteiger partial charge in [0.1, 0.15) is 18.3 Å². The molecular formula is C29H29N3O7. The summed E-state index contributed by atoms with van der Waals surface area (Å²) in [5.74, 6) is -0.860. The molecule has 2 fully saturated rings. The number of benzene rings is 3. The van der Waals surface area contributed by atoms with Gasteiger partial charge < -0.3 is 28.4 Å². The molecule has 2 saturated heterocycles. The Bertz CT molecular complexity index is 1270. The van der Waals surface area contributed by atoms with Crippen molar-refractivity contribution in [2.75, 3.05) is 13.7 Å². The van der Waals surface area contributed by atoms with Crippen molar-refractivity contribution >= 4 is 5.97 Å². The first kappa shape index (κ1) is 26.8. The van der Waals surface area contributed by atoms with E-state index in [0.29, 0.717) is 0 Å². The van der Waals surface area contributed by atoms with Crippen molar-refractivity contribution in [3.63, 3.8) is 0 Å². The Labute approximate surface area is 226 Å². The molecule has 0 saturated carbocycles. The minimum absolute atomic E-state index is 0.0857. The lowest BCUT2D eigenvalue weighted by atomic mass is 9.83. The highest BCUT2D eigenvalue weighted by molar-refractivity contribution is 5.83. The van der Waals surface area contributed by atoms with E-state index in [1.807, 2.05) is 91.0 Å². The molecule has 1 unspecified atom stereocenters. The molecule has 5 rings (SSSR count). The molecule has 39 heavy (non-hydrogen) atoms. The number of hydrogen-bond acceptors (Lipinski definition) is 8. The highest BCUT2D eigenvalue weighted by Crippen LogP contribution is 2.43. The van der Waals surface area contributed by atoms with Crippen LogP contribution in [0.2, 0.25) is 0 Å². The lowest BCUT2D eigenvalue weighted by Crippen LogP contribution is -2.71. The van der Waals surface area contributed by atoms with Crippen LogP contribution in [0, 0.1) is 0 Å². The van der Waals surface area contributed by atoms with Gasteiger partial charge in [-0.3, -0.25) is 4.79 Å². The van der Waals surface area contributed by atoms with Crippen LogP contribution in [-0.2, 0) is 46.4 Å². The van der Waals surface area contributed by atoms with E-state index in [-0.39, 0.29) is 19.8 Å². The van der Waals surface area contributed by atoms with Gasteiger partial charge in [0.25, 0.3) is 0 Å². The summed E-state index contributed by atoms with van der Waals surface area (Å²) in [6, 6.07) is 28.2. The van der Waals surface area contributed by atoms with Gasteiger partial charge in [0.2, 0.25) is 5.54 Å². The first-order chi connectivity index (χ1) is 19.2. The van der Waals surface area contributed by atoms with E-state index in [0.717, 1.165) is 16.7 Å². The van der Waals surface area contributed by atoms with Crippen molar-refractivity contribution in [3.05, 3.63) is 118 Å². The van der Waals surface area contributed by atoms with Crippen LogP contribution in [0.3, 0.4) is 0 Å². The molecule has 202 valence electrons. The summed E-state index contributed by atoms with van der Waals surface area (Å²) in [5.41, 5.74) is 10.1. The molecule has 3 aromatic carbocycles. The summed E-state index contributed by atoms with van der Waals surface area (Å²) in [5, 5.41) is 3.97. The van der Waals surface area contributed by atoms with Gasteiger partial charge in [-0.1, -0.05) is 96.1 Å². The predicted molar refractivity (Wildman–Crippen MR) is 139 cm³/mol. The number of esters is 1. The topological polar surface area (TPSA) is 121 Å². The normalized spacial score (nSPS) is 28.1. The number of carbonyl (C=O) groups excluding carboxylic acids is 1. The lowest BCUT2D eigenvalue weighted by Gasteiger charge is -2.52. The Morgan fingerprint density at radius 1 is 0.923 bits per heavy atom. The summed E-state index contributed by atoms with van der Waals surface area (Å²) in [6.45, 7) is 0.330. The van der Waals surface area contributed by atoms with E-state index in [1.54, 1.807) is 0 Å². The van der Waals surface area contributed by atoms with Gasteiger partial charge in [0.05, 0.1) is 26.9 Å². The first-order valence-corrected chi connectivity index (χ1v) is 12.6. The van der Waals surface area contributed by atoms with E-state index < -0.39 is 42.4 Å². The third kappa shape index (κ3) is 5.67. The Hall–Kier alpha value is -3.76. The van der Waals surface area contributed by atoms with Gasteiger partial charge in [-0.2, -0.15) is 0 Å². The largest absolute Gasteiger partial charge is 0.468 e. The molecular weight excluding hydrogens is 502 g/mol. The summed E-state index contributed by atoms with van der Waals surface area (Å²) in [4.78, 5) is 16.6. The number of rotatable bonds is 9. The number of ether oxygens (including phenoxy) is 6. The molecule has 0 aromatic heterocycles. The number of fused-ring (bicyclic) bond motifs is 1. The van der Waals surface area contributed by atoms with Crippen molar-refractivity contribution in [3.8, 4) is 0 Å². The minimum atomic E-state index is -2.05. The van der Waals surface area contributed by atoms with E-state index >= 15 is 0 Å². The fraction of sp³-hybridized carbons (Fsp3) is 0.345. The number of hydrogen-bond donors (Lipinski definition) is 0. The van der Waals surface area contributed by atoms with Crippen LogP contribution in [0.1, 0.15) is 23.0 Å². The number of nitrogens with zero attached hydrogens (tertiary/aromatic N) is 3. The van der Waals surface area contributed by atoms with Gasteiger partial charge in [0.15, 0.2) is 12.6 Å². The average molecular weight is 532 g/mol. The molecule has 6 atom stereocenters. The molecule has 0 bridgehead atoms. The second kappa shape index (κ2) is 12.4. The molecule has 0 spiro atoms. The molecule has 10 heteroatoms. The van der Waals surface area contributed by atoms with E-state index in [9.17, 15) is 10.3 Å². The van der Waals surface area contributed by atoms with Gasteiger partial charge >= 0.3 is 5.97 Å². The van der Waals surface area contributed by atoms with Gasteiger partial charge in [-0.15, -0.1) is 0 Å². The van der Waals surface area contributed by atoms with Crippen LogP contribution in [0.15, 0.2) is 96.1 Å². The second-order valence-corrected chi connectivity index (χ2v) is 9.20. The number of carbonyl (C=O) groups is 1. The van der Waals surface area contributed by atoms with Crippen LogP contribution in [-0.4, -0.2) is 49.8 Å². The minimum Gasteiger partial charge on any atom is -0.468 e. The van der Waals surface area contributed by atoms with Crippen LogP contribution >= 0.6 is 0 Å². The first-order valence-electron chi connectivity index (χ1n) is 12.6. The molecule has 0 aliphatic carbocycles. The van der Waals surface area contributed by atoms with Gasteiger partial charge in [-0.05, 0) is 16.7 Å². The fourth-order valence-electron chi connectivity index (χ4n) is 4.85. The Balaban J connectivity index is 1.53. The van der Waals surface area contributed by atoms with Crippen molar-refractivity contribution in [2.24, 2.45) is 5.11 Å². The van der Waals surface area contributed by atoms with Gasteiger partial charge in [-0.25, -0.2) is 0 Å². The maximum absolute atomic E-state index is 13.5. The van der Waals surface area contributed by atoms with Crippen molar-refractivity contribution in [1.82, 2.24) is 0 Å². The monoisotopic (exact) mass is 531 g/mol. The Morgan fingerprint density at radius 2 is 1.51 bits per heavy atom. The smallest absolute Gasteiger partial charge is 0.325 e. The van der Waals surface area contributed by atoms with Crippen LogP contribution in [0.25, 0.3) is 10.4 Å². The summed E-state index contributed by atoms with van der Waals surface area (Å²) >= 11 is 0. The van der Waals surface area contributed by atoms with Crippen molar-refractivity contribution in [2.45, 2.75) is 49.6 Å². The summed E-state index contributed by atoms with van der Waals surface area (Å²) in [7, 11) is 1.21. The highest BCUT2D eigenvalue weighted by atomic mass is 16.8. The maximum atomic E-state index is 13.5. The maximum Gasteiger partial charge on any atom is 0.325 e. The van der Waals surface area contributed by atoms with Crippen molar-refractivity contribution < 1.29 is 33.2 Å². The number of methoxy groups -OCH3 is 1. The third-order valence-electron chi connectivity index (χ3n) is 6.76. The van der Waals surface area contributed by atoms with E-state index in [2.05, 4.69) is 10.0 Å². The average Bonchev–Trinajstić information content (AvgIpc) is 3.00. The van der Waals surface area contributed by atoms with Crippen molar-refractivity contribution in [1.29, 1.82) is 0 Å². The molecule has 10 nitrogen and oxygen atoms in total. The molecule has 0 N–H and O–H groups in total. The molecule has 0 radical (unpaired) electrons. The zero-order valence-corrected chi connectivity index (χ0v) is 21.4. The van der Waals surface area contributed by atoms with Gasteiger partial charge in [0, 0.05) is 10.5 Å². The quantitative estimate of drug-likeness (QED) is 0.167. The molecule has 3 aromatic rings. The SMILES string of the molecule is COC(=O)[C@]1(N=[N+]=[N-])[C@H](OCc2ccccc2)O[C@@H]2COC(c3ccccc3)O[C@H]2[C@@H]1OCc1ccccc1. The predicted octanol–water partition coefficient (Wildman–Crippen LogP) is 4.85. The molecule has 0 amide bonds. The van der Waals surface area contributed by atoms with Crippen LogP contribution < -0.4 is 0 Å². The zero-order valence-electron chi connectivity index (χ0n) is 21.4. The standard InChI is InChI=1S/C29H29N3O7/c1-34-27(33)29(31-32-30)25(35-17-20-11-5-2-6-12-20)24-23(19-36-26(39-24)22-15-9-4-10-16-22)38-28(29)37-18-21-13-7-3-8-14-21/h2-16,23-26,28H,17-19H2,1H3/t23-,24-,25+,26?,28-,29+/m1/s1. The third-order valence-corrected chi connectivity index (χ3v) is 6.76. The summed E-state index contributed by atoms with van der Waals surface area (Å²) < 4.78 is 36.3. The molecule has 2 aliphatic heterocycles. The Morgan fingerprint density at radius 3 is 2.10 bits per heavy atom. The zero-order chi connectivity index (χ0) is 27.1. The fourth-order valence-corrected chi connectivity index (χ4v) is 4.85. The number of azide groups is 1. The van der Waals surface area contributed by atoms with Crippen LogP contribution in [0.4, 0.5) is 0 Å². The molecule has 2 aliphatic rings. The summed E-state index contributed by atoms with van der Waals surface area (Å²) in [6.07, 6.45) is -4.76. The highest BCUT2D eigenvalue weighted by Gasteiger charge is 2.65. The van der Waals surface area contributed by atoms with Crippen LogP contribution in [0.5, 0.6) is 0 Å². The Kier molecular flexibility index (Phi) is 8.53. The second-order valence-electron chi connectivity index (χ2n) is 9.20. The molecule has 2 heterocycles. The lowest BCUT2D eigenvalue weighted by molar-refractivity contribution is -0.361. The van der Waals surface area contributed by atoms with E-state index in [1.165, 1.54) is 7.11 Å². The van der Waals surface area contributed by atoms with E-state index in [4.69, 9.17) is 28.4 Å².